The highest BCUT2D eigenvalue weighted by Gasteiger charge is 2.29. The Hall–Kier alpha value is -2.89. The Morgan fingerprint density at radius 3 is 2.88 bits per heavy atom. The minimum absolute atomic E-state index is 0.0616. The average molecular weight is 351 g/mol. The largest absolute Gasteiger partial charge is 0.497 e. The SMILES string of the molecule is COc1cccc(CN(C)C(=O)c2cc(C3CC3)nc3onc(C)c23)c1. The summed E-state index contributed by atoms with van der Waals surface area (Å²) in [5, 5.41) is 4.71. The van der Waals surface area contributed by atoms with Crippen LogP contribution in [0.25, 0.3) is 11.1 Å². The summed E-state index contributed by atoms with van der Waals surface area (Å²) in [5.41, 5.74) is 3.68. The van der Waals surface area contributed by atoms with Gasteiger partial charge in [0, 0.05) is 25.2 Å². The minimum atomic E-state index is -0.0616. The van der Waals surface area contributed by atoms with Crippen molar-refractivity contribution in [2.75, 3.05) is 14.2 Å². The lowest BCUT2D eigenvalue weighted by molar-refractivity contribution is 0.0786. The molecule has 1 aromatic carbocycles. The predicted molar refractivity (Wildman–Crippen MR) is 97.3 cm³/mol. The van der Waals surface area contributed by atoms with E-state index >= 15 is 0 Å². The zero-order chi connectivity index (χ0) is 18.3. The number of aromatic nitrogens is 2. The van der Waals surface area contributed by atoms with Crippen molar-refractivity contribution >= 4 is 17.0 Å². The molecule has 0 radical (unpaired) electrons. The normalized spacial score (nSPS) is 13.8. The van der Waals surface area contributed by atoms with Gasteiger partial charge in [0.05, 0.1) is 23.8 Å². The second-order valence-electron chi connectivity index (χ2n) is 6.83. The van der Waals surface area contributed by atoms with E-state index in [0.717, 1.165) is 29.8 Å². The number of amides is 1. The van der Waals surface area contributed by atoms with Gasteiger partial charge in [0.15, 0.2) is 0 Å². The first-order chi connectivity index (χ1) is 12.6. The van der Waals surface area contributed by atoms with Crippen molar-refractivity contribution in [1.82, 2.24) is 15.0 Å². The number of methoxy groups -OCH3 is 1. The van der Waals surface area contributed by atoms with Crippen LogP contribution in [0.1, 0.15) is 46.1 Å². The van der Waals surface area contributed by atoms with Gasteiger partial charge >= 0.3 is 0 Å². The van der Waals surface area contributed by atoms with Crippen LogP contribution < -0.4 is 4.74 Å². The molecule has 0 N–H and O–H groups in total. The highest BCUT2D eigenvalue weighted by molar-refractivity contribution is 6.06. The quantitative estimate of drug-likeness (QED) is 0.701. The van der Waals surface area contributed by atoms with Gasteiger partial charge in [-0.25, -0.2) is 4.98 Å². The zero-order valence-corrected chi connectivity index (χ0v) is 15.2. The molecule has 134 valence electrons. The van der Waals surface area contributed by atoms with Crippen LogP contribution in [0.15, 0.2) is 34.9 Å². The van der Waals surface area contributed by atoms with Gasteiger partial charge < -0.3 is 14.2 Å². The van der Waals surface area contributed by atoms with Crippen LogP contribution in [0.4, 0.5) is 0 Å². The first-order valence-corrected chi connectivity index (χ1v) is 8.72. The van der Waals surface area contributed by atoms with Gasteiger partial charge in [0.25, 0.3) is 11.6 Å². The maximum Gasteiger partial charge on any atom is 0.259 e. The third kappa shape index (κ3) is 3.03. The van der Waals surface area contributed by atoms with E-state index in [1.807, 2.05) is 37.3 Å². The Kier molecular flexibility index (Phi) is 4.11. The molecule has 3 aromatic rings. The molecule has 0 atom stereocenters. The first kappa shape index (κ1) is 16.6. The molecule has 6 heteroatoms. The summed E-state index contributed by atoms with van der Waals surface area (Å²) in [6, 6.07) is 9.64. The van der Waals surface area contributed by atoms with Gasteiger partial charge in [-0.2, -0.15) is 0 Å². The number of carbonyl (C=O) groups is 1. The second-order valence-corrected chi connectivity index (χ2v) is 6.83. The van der Waals surface area contributed by atoms with Gasteiger partial charge in [0.2, 0.25) is 0 Å². The number of aryl methyl sites for hydroxylation is 1. The topological polar surface area (TPSA) is 68.5 Å². The van der Waals surface area contributed by atoms with E-state index in [0.29, 0.717) is 34.8 Å². The number of carbonyl (C=O) groups excluding carboxylic acids is 1. The molecule has 1 aliphatic rings. The molecular formula is C20H21N3O3. The summed E-state index contributed by atoms with van der Waals surface area (Å²) >= 11 is 0. The molecule has 0 unspecified atom stereocenters. The summed E-state index contributed by atoms with van der Waals surface area (Å²) in [5.74, 6) is 1.15. The molecule has 4 rings (SSSR count). The van der Waals surface area contributed by atoms with Gasteiger partial charge in [-0.05, 0) is 43.5 Å². The summed E-state index contributed by atoms with van der Waals surface area (Å²) in [6.45, 7) is 2.33. The summed E-state index contributed by atoms with van der Waals surface area (Å²) in [7, 11) is 3.43. The number of pyridine rings is 1. The Labute approximate surface area is 151 Å². The maximum absolute atomic E-state index is 13.2. The highest BCUT2D eigenvalue weighted by atomic mass is 16.5. The second kappa shape index (κ2) is 6.44. The number of benzene rings is 1. The van der Waals surface area contributed by atoms with Crippen molar-refractivity contribution in [3.8, 4) is 5.75 Å². The zero-order valence-electron chi connectivity index (χ0n) is 15.2. The van der Waals surface area contributed by atoms with Crippen LogP contribution in [0.2, 0.25) is 0 Å². The number of hydrogen-bond donors (Lipinski definition) is 0. The molecule has 6 nitrogen and oxygen atoms in total. The van der Waals surface area contributed by atoms with Crippen LogP contribution in [-0.2, 0) is 6.54 Å². The monoisotopic (exact) mass is 351 g/mol. The third-order valence-corrected chi connectivity index (χ3v) is 4.76. The molecule has 1 saturated carbocycles. The summed E-state index contributed by atoms with van der Waals surface area (Å²) in [6.07, 6.45) is 2.22. The fourth-order valence-electron chi connectivity index (χ4n) is 3.19. The Balaban J connectivity index is 1.67. The molecule has 2 heterocycles. The standard InChI is InChI=1S/C20H21N3O3/c1-12-18-16(10-17(14-7-8-14)21-19(18)26-22-12)20(24)23(2)11-13-5-4-6-15(9-13)25-3/h4-6,9-10,14H,7-8,11H2,1-3H3. The molecule has 0 bridgehead atoms. The molecule has 0 saturated heterocycles. The molecule has 2 aromatic heterocycles. The van der Waals surface area contributed by atoms with E-state index in [2.05, 4.69) is 10.1 Å². The molecule has 1 amide bonds. The fourth-order valence-corrected chi connectivity index (χ4v) is 3.19. The van der Waals surface area contributed by atoms with Crippen LogP contribution in [0.3, 0.4) is 0 Å². The highest BCUT2D eigenvalue weighted by Crippen LogP contribution is 2.40. The molecule has 1 fully saturated rings. The van der Waals surface area contributed by atoms with Crippen molar-refractivity contribution < 1.29 is 14.1 Å². The summed E-state index contributed by atoms with van der Waals surface area (Å²) < 4.78 is 10.6. The molecular weight excluding hydrogens is 330 g/mol. The van der Waals surface area contributed by atoms with Crippen molar-refractivity contribution in [1.29, 1.82) is 0 Å². The van der Waals surface area contributed by atoms with E-state index in [1.54, 1.807) is 19.1 Å². The van der Waals surface area contributed by atoms with E-state index in [1.165, 1.54) is 0 Å². The van der Waals surface area contributed by atoms with Gasteiger partial charge in [-0.15, -0.1) is 0 Å². The van der Waals surface area contributed by atoms with Crippen LogP contribution >= 0.6 is 0 Å². The molecule has 0 spiro atoms. The molecule has 1 aliphatic carbocycles. The first-order valence-electron chi connectivity index (χ1n) is 8.72. The van der Waals surface area contributed by atoms with Crippen molar-refractivity contribution in [3.63, 3.8) is 0 Å². The number of rotatable bonds is 5. The van der Waals surface area contributed by atoms with E-state index < -0.39 is 0 Å². The maximum atomic E-state index is 13.2. The van der Waals surface area contributed by atoms with E-state index in [9.17, 15) is 4.79 Å². The number of nitrogens with zero attached hydrogens (tertiary/aromatic N) is 3. The lowest BCUT2D eigenvalue weighted by atomic mass is 10.1. The summed E-state index contributed by atoms with van der Waals surface area (Å²) in [4.78, 5) is 19.4. The third-order valence-electron chi connectivity index (χ3n) is 4.76. The Morgan fingerprint density at radius 1 is 1.35 bits per heavy atom. The smallest absolute Gasteiger partial charge is 0.259 e. The number of fused-ring (bicyclic) bond motifs is 1. The molecule has 26 heavy (non-hydrogen) atoms. The number of ether oxygens (including phenoxy) is 1. The van der Waals surface area contributed by atoms with Crippen molar-refractivity contribution in [2.24, 2.45) is 0 Å². The van der Waals surface area contributed by atoms with Crippen LogP contribution in [0, 0.1) is 6.92 Å². The van der Waals surface area contributed by atoms with E-state index in [4.69, 9.17) is 9.26 Å². The van der Waals surface area contributed by atoms with Crippen LogP contribution in [0.5, 0.6) is 5.75 Å². The van der Waals surface area contributed by atoms with Crippen molar-refractivity contribution in [3.05, 3.63) is 52.8 Å². The molecule has 0 aliphatic heterocycles. The Bertz CT molecular complexity index is 976. The predicted octanol–water partition coefficient (Wildman–Crippen LogP) is 3.69. The van der Waals surface area contributed by atoms with Gasteiger partial charge in [0.1, 0.15) is 5.75 Å². The van der Waals surface area contributed by atoms with Crippen LogP contribution in [-0.4, -0.2) is 35.1 Å². The van der Waals surface area contributed by atoms with Crippen molar-refractivity contribution in [2.45, 2.75) is 32.2 Å². The lowest BCUT2D eigenvalue weighted by Crippen LogP contribution is -2.26. The number of hydrogen-bond acceptors (Lipinski definition) is 5. The fraction of sp³-hybridized carbons (Fsp3) is 0.350. The van der Waals surface area contributed by atoms with Gasteiger partial charge in [-0.3, -0.25) is 4.79 Å². The lowest BCUT2D eigenvalue weighted by Gasteiger charge is -2.18. The van der Waals surface area contributed by atoms with E-state index in [-0.39, 0.29) is 5.91 Å². The van der Waals surface area contributed by atoms with Gasteiger partial charge in [-0.1, -0.05) is 17.3 Å². The minimum Gasteiger partial charge on any atom is -0.497 e. The Morgan fingerprint density at radius 2 is 2.15 bits per heavy atom. The average Bonchev–Trinajstić information content (AvgIpc) is 3.44.